The molecule has 1 rings (SSSR count). The summed E-state index contributed by atoms with van der Waals surface area (Å²) in [6, 6.07) is 3.82. The molecule has 0 aliphatic carbocycles. The number of nitrogens with zero attached hydrogens (tertiary/aromatic N) is 2. The average molecular weight is 250 g/mol. The van der Waals surface area contributed by atoms with Gasteiger partial charge in [-0.25, -0.2) is 4.98 Å². The van der Waals surface area contributed by atoms with Crippen LogP contribution in [0.2, 0.25) is 0 Å². The van der Waals surface area contributed by atoms with Crippen molar-refractivity contribution in [3.63, 3.8) is 0 Å². The molecule has 90 valence electrons. The van der Waals surface area contributed by atoms with Crippen molar-refractivity contribution in [3.05, 3.63) is 22.9 Å². The fourth-order valence-corrected chi connectivity index (χ4v) is 2.21. The first-order valence-corrected chi connectivity index (χ1v) is 6.17. The predicted molar refractivity (Wildman–Crippen MR) is 66.0 cm³/mol. The molecule has 0 spiro atoms. The summed E-state index contributed by atoms with van der Waals surface area (Å²) in [5, 5.41) is 17.8. The number of nitriles is 1. The monoisotopic (exact) mass is 250 g/mol. The van der Waals surface area contributed by atoms with Crippen molar-refractivity contribution in [2.75, 3.05) is 0 Å². The van der Waals surface area contributed by atoms with E-state index in [2.05, 4.69) is 11.1 Å². The highest BCUT2D eigenvalue weighted by Crippen LogP contribution is 2.26. The Morgan fingerprint density at radius 2 is 2.35 bits per heavy atom. The van der Waals surface area contributed by atoms with Crippen LogP contribution in [-0.2, 0) is 11.2 Å². The lowest BCUT2D eigenvalue weighted by molar-refractivity contribution is -0.136. The van der Waals surface area contributed by atoms with Crippen LogP contribution in [0, 0.1) is 18.3 Å². The van der Waals surface area contributed by atoms with E-state index in [9.17, 15) is 4.79 Å². The largest absolute Gasteiger partial charge is 0.480 e. The fraction of sp³-hybridized carbons (Fsp3) is 0.417. The lowest BCUT2D eigenvalue weighted by Crippen LogP contribution is -2.12. The van der Waals surface area contributed by atoms with E-state index in [0.717, 1.165) is 29.4 Å². The first-order chi connectivity index (χ1) is 7.99. The maximum atomic E-state index is 10.8. The maximum absolute atomic E-state index is 10.8. The van der Waals surface area contributed by atoms with Crippen LogP contribution in [0.1, 0.15) is 30.7 Å². The van der Waals surface area contributed by atoms with Gasteiger partial charge >= 0.3 is 5.97 Å². The molecule has 0 fully saturated rings. The van der Waals surface area contributed by atoms with Gasteiger partial charge in [-0.15, -0.1) is 0 Å². The Kier molecular flexibility index (Phi) is 4.53. The molecule has 0 aliphatic heterocycles. The predicted octanol–water partition coefficient (Wildman–Crippen LogP) is 2.39. The summed E-state index contributed by atoms with van der Waals surface area (Å²) in [5.41, 5.74) is 2.32. The van der Waals surface area contributed by atoms with E-state index in [0.29, 0.717) is 10.6 Å². The number of thioether (sulfide) groups is 1. The van der Waals surface area contributed by atoms with Crippen LogP contribution in [0.25, 0.3) is 0 Å². The summed E-state index contributed by atoms with van der Waals surface area (Å²) < 4.78 is 0. The van der Waals surface area contributed by atoms with E-state index in [1.807, 2.05) is 13.8 Å². The number of carbonyl (C=O) groups is 1. The maximum Gasteiger partial charge on any atom is 0.316 e. The van der Waals surface area contributed by atoms with Gasteiger partial charge < -0.3 is 5.11 Å². The minimum atomic E-state index is -0.903. The number of hydrogen-bond acceptors (Lipinski definition) is 4. The van der Waals surface area contributed by atoms with E-state index < -0.39 is 11.2 Å². The van der Waals surface area contributed by atoms with E-state index in [1.54, 1.807) is 13.0 Å². The first kappa shape index (κ1) is 13.5. The molecular weight excluding hydrogens is 236 g/mol. The molecule has 0 saturated carbocycles. The van der Waals surface area contributed by atoms with Crippen molar-refractivity contribution in [3.8, 4) is 6.07 Å². The minimum absolute atomic E-state index is 0.442. The third-order valence-corrected chi connectivity index (χ3v) is 3.46. The first-order valence-electron chi connectivity index (χ1n) is 5.29. The molecular formula is C12H14N2O2S. The standard InChI is InChI=1S/C12H14N2O2S/c1-4-10-7(2)5-9(6-13)11(14-10)17-8(3)12(15)16/h5,8H,4H2,1-3H3,(H,15,16)/t8-/m1/s1. The quantitative estimate of drug-likeness (QED) is 0.830. The van der Waals surface area contributed by atoms with Crippen LogP contribution in [0.4, 0.5) is 0 Å². The Hall–Kier alpha value is -1.54. The minimum Gasteiger partial charge on any atom is -0.480 e. The van der Waals surface area contributed by atoms with E-state index in [4.69, 9.17) is 10.4 Å². The zero-order valence-corrected chi connectivity index (χ0v) is 10.8. The van der Waals surface area contributed by atoms with Gasteiger partial charge in [-0.05, 0) is 31.9 Å². The molecule has 1 N–H and O–H groups in total. The van der Waals surface area contributed by atoms with Gasteiger partial charge in [0.05, 0.1) is 5.56 Å². The summed E-state index contributed by atoms with van der Waals surface area (Å²) in [4.78, 5) is 15.2. The number of pyridine rings is 1. The molecule has 0 radical (unpaired) electrons. The van der Waals surface area contributed by atoms with Crippen LogP contribution in [0.15, 0.2) is 11.1 Å². The third-order valence-electron chi connectivity index (χ3n) is 2.37. The third kappa shape index (κ3) is 3.21. The van der Waals surface area contributed by atoms with Gasteiger partial charge in [-0.1, -0.05) is 18.7 Å². The molecule has 0 aromatic carbocycles. The summed E-state index contributed by atoms with van der Waals surface area (Å²) in [7, 11) is 0. The molecule has 1 aromatic heterocycles. The van der Waals surface area contributed by atoms with Gasteiger partial charge in [0, 0.05) is 5.69 Å². The lowest BCUT2D eigenvalue weighted by atomic mass is 10.1. The topological polar surface area (TPSA) is 74.0 Å². The van der Waals surface area contributed by atoms with E-state index in [1.165, 1.54) is 0 Å². The molecule has 0 amide bonds. The molecule has 0 unspecified atom stereocenters. The van der Waals surface area contributed by atoms with Gasteiger partial charge in [-0.3, -0.25) is 4.79 Å². The molecule has 0 bridgehead atoms. The van der Waals surface area contributed by atoms with Crippen molar-refractivity contribution in [2.45, 2.75) is 37.5 Å². The normalized spacial score (nSPS) is 11.9. The second-order valence-electron chi connectivity index (χ2n) is 3.67. The second-order valence-corrected chi connectivity index (χ2v) is 5.00. The molecule has 0 saturated heterocycles. The molecule has 5 heteroatoms. The average Bonchev–Trinajstić information content (AvgIpc) is 2.30. The van der Waals surface area contributed by atoms with Crippen LogP contribution < -0.4 is 0 Å². The Labute approximate surface area is 105 Å². The van der Waals surface area contributed by atoms with Gasteiger partial charge in [0.25, 0.3) is 0 Å². The number of carboxylic acid groups (broad SMARTS) is 1. The van der Waals surface area contributed by atoms with Crippen molar-refractivity contribution < 1.29 is 9.90 Å². The number of carboxylic acids is 1. The second kappa shape index (κ2) is 5.69. The molecule has 1 heterocycles. The van der Waals surface area contributed by atoms with Crippen LogP contribution >= 0.6 is 11.8 Å². The number of aliphatic carboxylic acids is 1. The number of aryl methyl sites for hydroxylation is 2. The highest BCUT2D eigenvalue weighted by Gasteiger charge is 2.17. The molecule has 17 heavy (non-hydrogen) atoms. The highest BCUT2D eigenvalue weighted by atomic mass is 32.2. The number of aromatic nitrogens is 1. The van der Waals surface area contributed by atoms with E-state index in [-0.39, 0.29) is 0 Å². The van der Waals surface area contributed by atoms with Gasteiger partial charge in [0.1, 0.15) is 16.3 Å². The molecule has 4 nitrogen and oxygen atoms in total. The van der Waals surface area contributed by atoms with Crippen molar-refractivity contribution in [1.82, 2.24) is 4.98 Å². The van der Waals surface area contributed by atoms with Crippen LogP contribution in [-0.4, -0.2) is 21.3 Å². The van der Waals surface area contributed by atoms with Crippen LogP contribution in [0.5, 0.6) is 0 Å². The number of rotatable bonds is 4. The van der Waals surface area contributed by atoms with Crippen LogP contribution in [0.3, 0.4) is 0 Å². The molecule has 0 aliphatic rings. The summed E-state index contributed by atoms with van der Waals surface area (Å²) in [6.45, 7) is 5.47. The van der Waals surface area contributed by atoms with Crippen molar-refractivity contribution >= 4 is 17.7 Å². The summed E-state index contributed by atoms with van der Waals surface area (Å²) >= 11 is 1.11. The summed E-state index contributed by atoms with van der Waals surface area (Å²) in [6.07, 6.45) is 0.770. The SMILES string of the molecule is CCc1nc(S[C@H](C)C(=O)O)c(C#N)cc1C. The highest BCUT2D eigenvalue weighted by molar-refractivity contribution is 8.00. The number of hydrogen-bond donors (Lipinski definition) is 1. The van der Waals surface area contributed by atoms with Crippen molar-refractivity contribution in [1.29, 1.82) is 5.26 Å². The van der Waals surface area contributed by atoms with Gasteiger partial charge in [-0.2, -0.15) is 5.26 Å². The van der Waals surface area contributed by atoms with E-state index >= 15 is 0 Å². The summed E-state index contributed by atoms with van der Waals surface area (Å²) in [5.74, 6) is -0.903. The molecule has 1 aromatic rings. The molecule has 1 atom stereocenters. The Balaban J connectivity index is 3.13. The smallest absolute Gasteiger partial charge is 0.316 e. The van der Waals surface area contributed by atoms with Gasteiger partial charge in [0.15, 0.2) is 0 Å². The van der Waals surface area contributed by atoms with Crippen molar-refractivity contribution in [2.24, 2.45) is 0 Å². The lowest BCUT2D eigenvalue weighted by Gasteiger charge is -2.10. The zero-order chi connectivity index (χ0) is 13.0. The van der Waals surface area contributed by atoms with Gasteiger partial charge in [0.2, 0.25) is 0 Å². The fourth-order valence-electron chi connectivity index (χ4n) is 1.38. The Morgan fingerprint density at radius 3 is 2.82 bits per heavy atom. The Morgan fingerprint density at radius 1 is 1.71 bits per heavy atom. The zero-order valence-electron chi connectivity index (χ0n) is 10.0. The Bertz CT molecular complexity index is 480.